The molecule has 1 heterocycles. The van der Waals surface area contributed by atoms with E-state index in [9.17, 15) is 4.79 Å². The van der Waals surface area contributed by atoms with E-state index >= 15 is 0 Å². The van der Waals surface area contributed by atoms with Crippen LogP contribution in [0.1, 0.15) is 59.3 Å². The molecular weight excluding hydrogens is 252 g/mol. The number of piperidine rings is 1. The lowest BCUT2D eigenvalue weighted by molar-refractivity contribution is 0.0103. The molecule has 0 spiro atoms. The van der Waals surface area contributed by atoms with E-state index in [0.29, 0.717) is 17.9 Å². The van der Waals surface area contributed by atoms with Gasteiger partial charge >= 0.3 is 6.09 Å². The van der Waals surface area contributed by atoms with Gasteiger partial charge in [0.2, 0.25) is 0 Å². The SMILES string of the molecule is CC(C)(C)OC(=O)N1CCC[C@H]([C@H]2CCCC[C@H]2N)C1. The van der Waals surface area contributed by atoms with Crippen molar-refractivity contribution in [1.29, 1.82) is 0 Å². The Morgan fingerprint density at radius 2 is 1.85 bits per heavy atom. The molecule has 2 rings (SSSR count). The summed E-state index contributed by atoms with van der Waals surface area (Å²) in [6, 6.07) is 0.326. The Morgan fingerprint density at radius 1 is 1.15 bits per heavy atom. The number of rotatable bonds is 1. The van der Waals surface area contributed by atoms with Crippen molar-refractivity contribution in [3.8, 4) is 0 Å². The third kappa shape index (κ3) is 4.11. The summed E-state index contributed by atoms with van der Waals surface area (Å²) < 4.78 is 5.50. The summed E-state index contributed by atoms with van der Waals surface area (Å²) in [5.74, 6) is 1.15. The molecule has 2 fully saturated rings. The van der Waals surface area contributed by atoms with Gasteiger partial charge in [-0.05, 0) is 58.3 Å². The summed E-state index contributed by atoms with van der Waals surface area (Å²) >= 11 is 0. The zero-order valence-corrected chi connectivity index (χ0v) is 13.2. The molecule has 4 nitrogen and oxygen atoms in total. The van der Waals surface area contributed by atoms with Gasteiger partial charge in [-0.1, -0.05) is 12.8 Å². The Morgan fingerprint density at radius 3 is 2.50 bits per heavy atom. The van der Waals surface area contributed by atoms with Crippen LogP contribution >= 0.6 is 0 Å². The molecule has 0 aromatic heterocycles. The number of carbonyl (C=O) groups is 1. The van der Waals surface area contributed by atoms with E-state index in [4.69, 9.17) is 10.5 Å². The average Bonchev–Trinajstić information content (AvgIpc) is 2.37. The predicted octanol–water partition coefficient (Wildman–Crippen LogP) is 3.15. The van der Waals surface area contributed by atoms with Gasteiger partial charge in [0.15, 0.2) is 0 Å². The van der Waals surface area contributed by atoms with Gasteiger partial charge in [0.25, 0.3) is 0 Å². The van der Waals surface area contributed by atoms with E-state index in [-0.39, 0.29) is 6.09 Å². The van der Waals surface area contributed by atoms with Crippen molar-refractivity contribution < 1.29 is 9.53 Å². The quantitative estimate of drug-likeness (QED) is 0.803. The van der Waals surface area contributed by atoms with Gasteiger partial charge in [0, 0.05) is 19.1 Å². The second-order valence-electron chi connectivity index (χ2n) is 7.44. The fourth-order valence-electron chi connectivity index (χ4n) is 3.63. The second-order valence-corrected chi connectivity index (χ2v) is 7.44. The van der Waals surface area contributed by atoms with Crippen LogP contribution in [0.5, 0.6) is 0 Å². The monoisotopic (exact) mass is 282 g/mol. The minimum absolute atomic E-state index is 0.161. The van der Waals surface area contributed by atoms with Crippen molar-refractivity contribution in [3.05, 3.63) is 0 Å². The fourth-order valence-corrected chi connectivity index (χ4v) is 3.63. The summed E-state index contributed by atoms with van der Waals surface area (Å²) in [7, 11) is 0. The van der Waals surface area contributed by atoms with Crippen LogP contribution in [0, 0.1) is 11.8 Å². The van der Waals surface area contributed by atoms with Gasteiger partial charge in [0.05, 0.1) is 0 Å². The molecule has 1 aliphatic heterocycles. The molecular formula is C16H30N2O2. The number of carbonyl (C=O) groups excluding carboxylic acids is 1. The van der Waals surface area contributed by atoms with Crippen LogP contribution in [0.2, 0.25) is 0 Å². The van der Waals surface area contributed by atoms with Crippen molar-refractivity contribution in [2.45, 2.75) is 70.9 Å². The largest absolute Gasteiger partial charge is 0.444 e. The number of hydrogen-bond donors (Lipinski definition) is 1. The first-order valence-corrected chi connectivity index (χ1v) is 8.10. The molecule has 1 saturated carbocycles. The summed E-state index contributed by atoms with van der Waals surface area (Å²) in [5, 5.41) is 0. The van der Waals surface area contributed by atoms with Crippen molar-refractivity contribution in [1.82, 2.24) is 4.90 Å². The fraction of sp³-hybridized carbons (Fsp3) is 0.938. The molecule has 2 N–H and O–H groups in total. The first-order valence-electron chi connectivity index (χ1n) is 8.10. The molecule has 3 atom stereocenters. The predicted molar refractivity (Wildman–Crippen MR) is 80.5 cm³/mol. The molecule has 1 saturated heterocycles. The van der Waals surface area contributed by atoms with Gasteiger partial charge in [-0.3, -0.25) is 0 Å². The maximum Gasteiger partial charge on any atom is 0.410 e. The van der Waals surface area contributed by atoms with Gasteiger partial charge in [-0.15, -0.1) is 0 Å². The highest BCUT2D eigenvalue weighted by Crippen LogP contribution is 2.34. The highest BCUT2D eigenvalue weighted by molar-refractivity contribution is 5.68. The Labute approximate surface area is 123 Å². The lowest BCUT2D eigenvalue weighted by Crippen LogP contribution is -2.48. The van der Waals surface area contributed by atoms with Crippen LogP contribution in [0.25, 0.3) is 0 Å². The highest BCUT2D eigenvalue weighted by Gasteiger charge is 2.35. The first kappa shape index (κ1) is 15.6. The first-order chi connectivity index (χ1) is 9.37. The van der Waals surface area contributed by atoms with Crippen molar-refractivity contribution in [3.63, 3.8) is 0 Å². The van der Waals surface area contributed by atoms with Crippen LogP contribution in [0.15, 0.2) is 0 Å². The minimum atomic E-state index is -0.411. The van der Waals surface area contributed by atoms with E-state index in [1.807, 2.05) is 25.7 Å². The molecule has 20 heavy (non-hydrogen) atoms. The van der Waals surface area contributed by atoms with Gasteiger partial charge in [-0.2, -0.15) is 0 Å². The normalized spacial score (nSPS) is 32.0. The van der Waals surface area contributed by atoms with E-state index in [2.05, 4.69) is 0 Å². The maximum atomic E-state index is 12.2. The highest BCUT2D eigenvalue weighted by atomic mass is 16.6. The van der Waals surface area contributed by atoms with Gasteiger partial charge < -0.3 is 15.4 Å². The van der Waals surface area contributed by atoms with E-state index in [1.165, 1.54) is 25.7 Å². The van der Waals surface area contributed by atoms with Crippen LogP contribution in [0.3, 0.4) is 0 Å². The molecule has 1 aliphatic carbocycles. The van der Waals surface area contributed by atoms with Crippen LogP contribution in [0.4, 0.5) is 4.79 Å². The number of nitrogens with two attached hydrogens (primary N) is 1. The van der Waals surface area contributed by atoms with Crippen LogP contribution in [-0.4, -0.2) is 35.7 Å². The third-order valence-electron chi connectivity index (χ3n) is 4.59. The molecule has 0 aromatic rings. The summed E-state index contributed by atoms with van der Waals surface area (Å²) in [4.78, 5) is 14.1. The maximum absolute atomic E-state index is 12.2. The number of amides is 1. The average molecular weight is 282 g/mol. The minimum Gasteiger partial charge on any atom is -0.444 e. The Kier molecular flexibility index (Phi) is 4.95. The van der Waals surface area contributed by atoms with Crippen molar-refractivity contribution in [2.75, 3.05) is 13.1 Å². The number of hydrogen-bond acceptors (Lipinski definition) is 3. The van der Waals surface area contributed by atoms with Crippen LogP contribution in [-0.2, 0) is 4.74 Å². The lowest BCUT2D eigenvalue weighted by atomic mass is 9.74. The summed E-state index contributed by atoms with van der Waals surface area (Å²) in [6.07, 6.45) is 7.06. The zero-order valence-electron chi connectivity index (χ0n) is 13.2. The molecule has 0 bridgehead atoms. The molecule has 0 aromatic carbocycles. The number of ether oxygens (including phenoxy) is 1. The molecule has 0 unspecified atom stereocenters. The van der Waals surface area contributed by atoms with Gasteiger partial charge in [0.1, 0.15) is 5.60 Å². The van der Waals surface area contributed by atoms with Crippen molar-refractivity contribution >= 4 is 6.09 Å². The summed E-state index contributed by atoms with van der Waals surface area (Å²) in [6.45, 7) is 7.41. The lowest BCUT2D eigenvalue weighted by Gasteiger charge is -2.41. The second kappa shape index (κ2) is 6.33. The zero-order chi connectivity index (χ0) is 14.8. The summed E-state index contributed by atoms with van der Waals surface area (Å²) in [5.41, 5.74) is 5.89. The van der Waals surface area contributed by atoms with E-state index in [0.717, 1.165) is 25.9 Å². The molecule has 116 valence electrons. The molecule has 4 heteroatoms. The van der Waals surface area contributed by atoms with E-state index in [1.54, 1.807) is 0 Å². The number of likely N-dealkylation sites (tertiary alicyclic amines) is 1. The third-order valence-corrected chi connectivity index (χ3v) is 4.59. The smallest absolute Gasteiger partial charge is 0.410 e. The topological polar surface area (TPSA) is 55.6 Å². The Balaban J connectivity index is 1.92. The number of nitrogens with zero attached hydrogens (tertiary/aromatic N) is 1. The van der Waals surface area contributed by atoms with Crippen molar-refractivity contribution in [2.24, 2.45) is 17.6 Å². The van der Waals surface area contributed by atoms with E-state index < -0.39 is 5.60 Å². The van der Waals surface area contributed by atoms with Gasteiger partial charge in [-0.25, -0.2) is 4.79 Å². The standard InChI is InChI=1S/C16H30N2O2/c1-16(2,3)20-15(19)18-10-6-7-12(11-18)13-8-4-5-9-14(13)17/h12-14H,4-11,17H2,1-3H3/t12-,13+,14+/m0/s1. The molecule has 1 amide bonds. The molecule has 2 aliphatic rings. The molecule has 0 radical (unpaired) electrons. The Bertz CT molecular complexity index is 338. The van der Waals surface area contributed by atoms with Crippen LogP contribution < -0.4 is 5.73 Å². The Hall–Kier alpha value is -0.770.